The van der Waals surface area contributed by atoms with Gasteiger partial charge in [0.05, 0.1) is 10.6 Å². The molecule has 128 valence electrons. The number of benzene rings is 2. The lowest BCUT2D eigenvalue weighted by Crippen LogP contribution is -2.08. The number of aromatic nitrogens is 1. The van der Waals surface area contributed by atoms with Crippen molar-refractivity contribution in [2.45, 2.75) is 0 Å². The van der Waals surface area contributed by atoms with E-state index in [9.17, 15) is 9.90 Å². The average molecular weight is 378 g/mol. The number of para-hydroxylation sites is 1. The highest BCUT2D eigenvalue weighted by Crippen LogP contribution is 2.33. The zero-order valence-electron chi connectivity index (χ0n) is 13.5. The minimum atomic E-state index is -0.0926. The normalized spacial score (nSPS) is 14.5. The molecule has 6 heteroatoms. The lowest BCUT2D eigenvalue weighted by atomic mass is 9.91. The number of carbonyl (C=O) groups excluding carboxylic acids is 1. The predicted molar refractivity (Wildman–Crippen MR) is 109 cm³/mol. The van der Waals surface area contributed by atoms with Crippen LogP contribution in [0.25, 0.3) is 17.7 Å². The maximum atomic E-state index is 12.4. The topological polar surface area (TPSA) is 54.3 Å². The number of ketones is 1. The Hall–Kier alpha value is -2.96. The smallest absolute Gasteiger partial charge is 0.230 e. The van der Waals surface area contributed by atoms with E-state index in [2.05, 4.69) is 5.43 Å². The van der Waals surface area contributed by atoms with Gasteiger partial charge in [-0.1, -0.05) is 59.9 Å². The van der Waals surface area contributed by atoms with Crippen molar-refractivity contribution >= 4 is 52.8 Å². The Labute approximate surface area is 159 Å². The zero-order chi connectivity index (χ0) is 18.1. The fraction of sp³-hybridized carbons (Fsp3) is 0. The lowest BCUT2D eigenvalue weighted by Gasteiger charge is -2.12. The molecule has 1 heterocycles. The van der Waals surface area contributed by atoms with E-state index in [4.69, 9.17) is 12.2 Å². The summed E-state index contributed by atoms with van der Waals surface area (Å²) in [5.74, 6) is -0.110. The molecule has 0 atom stereocenters. The third kappa shape index (κ3) is 3.00. The highest BCUT2D eigenvalue weighted by molar-refractivity contribution is 7.73. The van der Waals surface area contributed by atoms with Crippen LogP contribution in [0.15, 0.2) is 60.7 Å². The first kappa shape index (κ1) is 16.5. The van der Waals surface area contributed by atoms with Gasteiger partial charge in [-0.2, -0.15) is 0 Å². The van der Waals surface area contributed by atoms with Gasteiger partial charge in [-0.15, -0.1) is 0 Å². The maximum absolute atomic E-state index is 12.4. The summed E-state index contributed by atoms with van der Waals surface area (Å²) in [7, 11) is 0. The van der Waals surface area contributed by atoms with Crippen LogP contribution in [0.3, 0.4) is 0 Å². The highest BCUT2D eigenvalue weighted by atomic mass is 32.1. The van der Waals surface area contributed by atoms with Gasteiger partial charge in [0.1, 0.15) is 0 Å². The third-order valence-electron chi connectivity index (χ3n) is 4.03. The van der Waals surface area contributed by atoms with Crippen LogP contribution < -0.4 is 5.43 Å². The zero-order valence-corrected chi connectivity index (χ0v) is 15.2. The molecule has 0 fully saturated rings. The fourth-order valence-electron chi connectivity index (χ4n) is 2.77. The number of fused-ring (bicyclic) bond motifs is 1. The molecular formula is C20H14N2O2S2. The largest absolute Gasteiger partial charge is 0.492 e. The van der Waals surface area contributed by atoms with E-state index < -0.39 is 0 Å². The van der Waals surface area contributed by atoms with E-state index in [1.807, 2.05) is 54.6 Å². The van der Waals surface area contributed by atoms with E-state index in [0.29, 0.717) is 14.4 Å². The van der Waals surface area contributed by atoms with Gasteiger partial charge in [-0.25, -0.2) is 4.68 Å². The van der Waals surface area contributed by atoms with Crippen LogP contribution >= 0.6 is 23.6 Å². The molecule has 0 saturated heterocycles. The first-order chi connectivity index (χ1) is 12.6. The van der Waals surface area contributed by atoms with E-state index in [-0.39, 0.29) is 11.7 Å². The molecule has 1 aliphatic rings. The number of allylic oxidation sites excluding steroid dienone is 2. The summed E-state index contributed by atoms with van der Waals surface area (Å²) in [4.78, 5) is 12.9. The Bertz CT molecular complexity index is 1110. The van der Waals surface area contributed by atoms with Crippen molar-refractivity contribution in [2.24, 2.45) is 0 Å². The minimum absolute atomic E-state index is 0.0174. The number of nitrogens with one attached hydrogen (secondary N) is 1. The van der Waals surface area contributed by atoms with E-state index in [1.165, 1.54) is 16.0 Å². The van der Waals surface area contributed by atoms with Gasteiger partial charge in [-0.05, 0) is 47.6 Å². The van der Waals surface area contributed by atoms with Gasteiger partial charge in [0.2, 0.25) is 5.88 Å². The Balaban J connectivity index is 1.77. The Morgan fingerprint density at radius 3 is 2.58 bits per heavy atom. The summed E-state index contributed by atoms with van der Waals surface area (Å²) in [6.45, 7) is 0. The summed E-state index contributed by atoms with van der Waals surface area (Å²) in [6.07, 6.45) is 5.05. The fourth-order valence-corrected chi connectivity index (χ4v) is 3.94. The molecular weight excluding hydrogens is 364 g/mol. The highest BCUT2D eigenvalue weighted by Gasteiger charge is 2.19. The van der Waals surface area contributed by atoms with Crippen LogP contribution in [-0.4, -0.2) is 15.6 Å². The van der Waals surface area contributed by atoms with E-state index in [0.717, 1.165) is 16.8 Å². The molecule has 4 rings (SSSR count). The molecule has 0 bridgehead atoms. The second kappa shape index (κ2) is 6.74. The number of anilines is 1. The lowest BCUT2D eigenvalue weighted by molar-refractivity contribution is -0.109. The molecule has 0 aliphatic heterocycles. The second-order valence-electron chi connectivity index (χ2n) is 5.71. The van der Waals surface area contributed by atoms with Crippen molar-refractivity contribution in [3.8, 4) is 5.88 Å². The van der Waals surface area contributed by atoms with Crippen LogP contribution in [0.2, 0.25) is 0 Å². The van der Waals surface area contributed by atoms with E-state index >= 15 is 0 Å². The van der Waals surface area contributed by atoms with Crippen LogP contribution in [0.4, 0.5) is 5.69 Å². The molecule has 3 aromatic rings. The maximum Gasteiger partial charge on any atom is 0.230 e. The number of aromatic hydroxyl groups is 1. The summed E-state index contributed by atoms with van der Waals surface area (Å²) in [5, 5.41) is 10.6. The van der Waals surface area contributed by atoms with Gasteiger partial charge in [0.25, 0.3) is 0 Å². The Kier molecular flexibility index (Phi) is 4.28. The number of hydrogen-bond acceptors (Lipinski definition) is 5. The van der Waals surface area contributed by atoms with Crippen LogP contribution in [0, 0.1) is 3.95 Å². The van der Waals surface area contributed by atoms with Crippen molar-refractivity contribution in [1.82, 2.24) is 4.68 Å². The number of rotatable bonds is 3. The minimum Gasteiger partial charge on any atom is -0.492 e. The molecule has 0 unspecified atom stereocenters. The predicted octanol–water partition coefficient (Wildman–Crippen LogP) is 5.00. The number of nitrogens with zero attached hydrogens (tertiary/aromatic N) is 1. The van der Waals surface area contributed by atoms with Crippen molar-refractivity contribution < 1.29 is 9.90 Å². The quantitative estimate of drug-likeness (QED) is 0.498. The molecule has 0 radical (unpaired) electrons. The molecule has 0 saturated carbocycles. The molecule has 26 heavy (non-hydrogen) atoms. The van der Waals surface area contributed by atoms with Crippen LogP contribution in [0.1, 0.15) is 16.0 Å². The van der Waals surface area contributed by atoms with Gasteiger partial charge in [-0.3, -0.25) is 10.2 Å². The standard InChI is InChI=1S/C20H14N2O2S2/c23-17-11-10-13-6-4-5-9-15(13)16(17)12-18-19(24)22(20(25)26-18)21-14-7-2-1-3-8-14/h1-12,21,24H/b16-12-. The van der Waals surface area contributed by atoms with Crippen molar-refractivity contribution in [1.29, 1.82) is 0 Å². The molecule has 4 nitrogen and oxygen atoms in total. The molecule has 1 aromatic heterocycles. The van der Waals surface area contributed by atoms with Gasteiger partial charge in [0.15, 0.2) is 9.74 Å². The first-order valence-electron chi connectivity index (χ1n) is 7.94. The molecule has 2 aromatic carbocycles. The van der Waals surface area contributed by atoms with Crippen LogP contribution in [0.5, 0.6) is 5.88 Å². The van der Waals surface area contributed by atoms with Crippen molar-refractivity contribution in [3.63, 3.8) is 0 Å². The second-order valence-corrected chi connectivity index (χ2v) is 7.39. The molecule has 1 aliphatic carbocycles. The number of hydrogen-bond donors (Lipinski definition) is 2. The van der Waals surface area contributed by atoms with Gasteiger partial charge in [0, 0.05) is 5.57 Å². The van der Waals surface area contributed by atoms with E-state index in [1.54, 1.807) is 18.2 Å². The number of carbonyl (C=O) groups is 1. The first-order valence-corrected chi connectivity index (χ1v) is 9.16. The SMILES string of the molecule is O=C1C=Cc2ccccc2/C1=C/c1sc(=S)n(Nc2ccccc2)c1O. The monoisotopic (exact) mass is 378 g/mol. The van der Waals surface area contributed by atoms with Gasteiger partial charge >= 0.3 is 0 Å². The average Bonchev–Trinajstić information content (AvgIpc) is 2.92. The third-order valence-corrected chi connectivity index (χ3v) is 5.34. The molecule has 2 N–H and O–H groups in total. The summed E-state index contributed by atoms with van der Waals surface area (Å²) < 4.78 is 1.90. The summed E-state index contributed by atoms with van der Waals surface area (Å²) >= 11 is 6.61. The summed E-state index contributed by atoms with van der Waals surface area (Å²) in [6, 6.07) is 17.1. The molecule has 0 spiro atoms. The number of thiazole rings is 1. The van der Waals surface area contributed by atoms with Crippen molar-refractivity contribution in [3.05, 3.63) is 80.6 Å². The Morgan fingerprint density at radius 2 is 1.77 bits per heavy atom. The van der Waals surface area contributed by atoms with Crippen molar-refractivity contribution in [2.75, 3.05) is 5.43 Å². The summed E-state index contributed by atoms with van der Waals surface area (Å²) in [5.41, 5.74) is 6.24. The van der Waals surface area contributed by atoms with Crippen LogP contribution in [-0.2, 0) is 4.79 Å². The molecule has 0 amide bonds. The van der Waals surface area contributed by atoms with Gasteiger partial charge < -0.3 is 5.11 Å². The Morgan fingerprint density at radius 1 is 1.04 bits per heavy atom.